The van der Waals surface area contributed by atoms with Crippen molar-refractivity contribution < 1.29 is 23.9 Å². The highest BCUT2D eigenvalue weighted by atomic mass is 35.5. The van der Waals surface area contributed by atoms with Crippen molar-refractivity contribution in [3.63, 3.8) is 0 Å². The van der Waals surface area contributed by atoms with Crippen LogP contribution in [0.4, 0.5) is 0 Å². The Morgan fingerprint density at radius 3 is 2.57 bits per heavy atom. The van der Waals surface area contributed by atoms with Crippen molar-refractivity contribution in [2.45, 2.75) is 32.6 Å². The Hall–Kier alpha value is -2.39. The molecular weight excluding hydrogens is 538 g/mol. The number of nitrogens with zero attached hydrogens (tertiary/aromatic N) is 3. The normalized spacial score (nSPS) is 14.5. The number of aromatic nitrogens is 2. The maximum atomic E-state index is 13.3. The van der Waals surface area contributed by atoms with Gasteiger partial charge in [0, 0.05) is 29.2 Å². The number of halogens is 2. The summed E-state index contributed by atoms with van der Waals surface area (Å²) in [5.74, 6) is 0.134. The molecule has 3 aromatic rings. The van der Waals surface area contributed by atoms with E-state index in [0.29, 0.717) is 38.3 Å². The molecule has 4 rings (SSSR count). The van der Waals surface area contributed by atoms with Gasteiger partial charge in [-0.05, 0) is 56.5 Å². The molecule has 0 aliphatic carbocycles. The van der Waals surface area contributed by atoms with E-state index >= 15 is 0 Å². The lowest BCUT2D eigenvalue weighted by Gasteiger charge is -2.26. The highest BCUT2D eigenvalue weighted by Gasteiger charge is 2.26. The molecule has 9 nitrogen and oxygen atoms in total. The number of nitrogens with one attached hydrogen (secondary N) is 1. The molecule has 37 heavy (non-hydrogen) atoms. The lowest BCUT2D eigenvalue weighted by atomic mass is 10.1. The minimum absolute atomic E-state index is 0.0989. The monoisotopic (exact) mass is 566 g/mol. The molecule has 0 spiro atoms. The number of hydrogen-bond donors (Lipinski definition) is 3. The Kier molecular flexibility index (Phi) is 8.95. The topological polar surface area (TPSA) is 117 Å². The van der Waals surface area contributed by atoms with Crippen LogP contribution in [-0.2, 0) is 4.57 Å². The third-order valence-corrected chi connectivity index (χ3v) is 7.53. The van der Waals surface area contributed by atoms with Gasteiger partial charge in [0.2, 0.25) is 0 Å². The van der Waals surface area contributed by atoms with Gasteiger partial charge in [0.05, 0.1) is 23.5 Å². The van der Waals surface area contributed by atoms with Crippen molar-refractivity contribution in [3.05, 3.63) is 63.8 Å². The second kappa shape index (κ2) is 12.0. The zero-order chi connectivity index (χ0) is 26.6. The second-order valence-electron chi connectivity index (χ2n) is 8.90. The van der Waals surface area contributed by atoms with Gasteiger partial charge in [-0.2, -0.15) is 5.10 Å². The summed E-state index contributed by atoms with van der Waals surface area (Å²) in [7, 11) is -4.12. The Morgan fingerprint density at radius 2 is 1.86 bits per heavy atom. The number of ether oxygens (including phenoxy) is 1. The number of carbonyl (C=O) groups excluding carboxylic acids is 1. The fourth-order valence-electron chi connectivity index (χ4n) is 4.29. The summed E-state index contributed by atoms with van der Waals surface area (Å²) in [6.45, 7) is 3.49. The fraction of sp³-hybridized carbons (Fsp3) is 0.360. The largest absolute Gasteiger partial charge is 0.491 e. The van der Waals surface area contributed by atoms with Crippen molar-refractivity contribution in [3.8, 4) is 22.7 Å². The standard InChI is InChI=1S/C25H29Cl2N4O5P/c1-17-23(25(32)29-30-12-5-2-6-13-30)28-31(24(17)19-11-10-18(26)16-20(19)27)21-8-3-4-9-22(21)36-14-7-15-37(33,34)35/h3-4,8-11,16H,2,5-7,12-15H2,1H3,(H,29,32)(H2,33,34,35). The van der Waals surface area contributed by atoms with Crippen LogP contribution in [0.15, 0.2) is 42.5 Å². The predicted molar refractivity (Wildman–Crippen MR) is 144 cm³/mol. The Balaban J connectivity index is 1.74. The summed E-state index contributed by atoms with van der Waals surface area (Å²) in [6, 6.07) is 12.3. The van der Waals surface area contributed by atoms with Crippen molar-refractivity contribution in [1.82, 2.24) is 20.2 Å². The molecule has 1 aliphatic rings. The molecule has 1 saturated heterocycles. The molecular formula is C25H29Cl2N4O5P. The number of amides is 1. The molecule has 198 valence electrons. The quantitative estimate of drug-likeness (QED) is 0.240. The highest BCUT2D eigenvalue weighted by molar-refractivity contribution is 7.51. The van der Waals surface area contributed by atoms with E-state index in [4.69, 9.17) is 42.8 Å². The van der Waals surface area contributed by atoms with Gasteiger partial charge < -0.3 is 14.5 Å². The van der Waals surface area contributed by atoms with E-state index in [9.17, 15) is 9.36 Å². The Morgan fingerprint density at radius 1 is 1.14 bits per heavy atom. The van der Waals surface area contributed by atoms with Gasteiger partial charge in [-0.3, -0.25) is 14.8 Å². The van der Waals surface area contributed by atoms with Crippen LogP contribution in [-0.4, -0.2) is 56.3 Å². The van der Waals surface area contributed by atoms with E-state index in [2.05, 4.69) is 5.43 Å². The van der Waals surface area contributed by atoms with Gasteiger partial charge in [0.1, 0.15) is 11.4 Å². The SMILES string of the molecule is Cc1c(C(=O)NN2CCCCC2)nn(-c2ccccc2OCCCP(=O)(O)O)c1-c1ccc(Cl)cc1Cl. The predicted octanol–water partition coefficient (Wildman–Crippen LogP) is 5.23. The molecule has 0 unspecified atom stereocenters. The zero-order valence-electron chi connectivity index (χ0n) is 20.4. The first kappa shape index (κ1) is 27.6. The van der Waals surface area contributed by atoms with Crippen LogP contribution < -0.4 is 10.2 Å². The molecule has 1 aliphatic heterocycles. The maximum Gasteiger partial charge on any atom is 0.325 e. The molecule has 0 saturated carbocycles. The number of hydrogen-bond acceptors (Lipinski definition) is 5. The number of para-hydroxylation sites is 2. The Labute approximate surface area is 225 Å². The summed E-state index contributed by atoms with van der Waals surface area (Å²) >= 11 is 12.7. The Bertz CT molecular complexity index is 1320. The molecule has 1 aromatic heterocycles. The summed E-state index contributed by atoms with van der Waals surface area (Å²) in [4.78, 5) is 31.6. The number of piperidine rings is 1. The molecule has 1 amide bonds. The lowest BCUT2D eigenvalue weighted by Crippen LogP contribution is -2.45. The lowest BCUT2D eigenvalue weighted by molar-refractivity contribution is 0.0743. The zero-order valence-corrected chi connectivity index (χ0v) is 22.8. The van der Waals surface area contributed by atoms with Gasteiger partial charge in [-0.1, -0.05) is 41.8 Å². The second-order valence-corrected chi connectivity index (χ2v) is 11.5. The van der Waals surface area contributed by atoms with Crippen LogP contribution in [0.2, 0.25) is 10.0 Å². The molecule has 2 aromatic carbocycles. The van der Waals surface area contributed by atoms with Gasteiger partial charge in [0.15, 0.2) is 5.69 Å². The maximum absolute atomic E-state index is 13.3. The van der Waals surface area contributed by atoms with Crippen LogP contribution in [0.3, 0.4) is 0 Å². The number of hydrazine groups is 1. The minimum atomic E-state index is -4.12. The third-order valence-electron chi connectivity index (χ3n) is 6.08. The van der Waals surface area contributed by atoms with Crippen molar-refractivity contribution >= 4 is 36.7 Å². The van der Waals surface area contributed by atoms with E-state index < -0.39 is 7.60 Å². The first-order valence-electron chi connectivity index (χ1n) is 12.0. The van der Waals surface area contributed by atoms with Gasteiger partial charge in [-0.15, -0.1) is 0 Å². The third kappa shape index (κ3) is 6.93. The molecule has 12 heteroatoms. The van der Waals surface area contributed by atoms with Crippen molar-refractivity contribution in [2.75, 3.05) is 25.9 Å². The molecule has 0 bridgehead atoms. The van der Waals surface area contributed by atoms with E-state index in [1.54, 1.807) is 41.1 Å². The molecule has 1 fully saturated rings. The van der Waals surface area contributed by atoms with Crippen LogP contribution in [0, 0.1) is 6.92 Å². The first-order chi connectivity index (χ1) is 17.6. The summed E-state index contributed by atoms with van der Waals surface area (Å²) in [5.41, 5.74) is 5.67. The molecule has 2 heterocycles. The van der Waals surface area contributed by atoms with Crippen LogP contribution >= 0.6 is 30.8 Å². The number of rotatable bonds is 9. The average Bonchev–Trinajstić information content (AvgIpc) is 3.19. The van der Waals surface area contributed by atoms with E-state index in [-0.39, 0.29) is 30.8 Å². The van der Waals surface area contributed by atoms with E-state index in [1.807, 2.05) is 18.0 Å². The van der Waals surface area contributed by atoms with E-state index in [1.165, 1.54) is 0 Å². The first-order valence-corrected chi connectivity index (χ1v) is 14.6. The summed E-state index contributed by atoms with van der Waals surface area (Å²) in [5, 5.41) is 7.49. The minimum Gasteiger partial charge on any atom is -0.491 e. The smallest absolute Gasteiger partial charge is 0.325 e. The molecule has 0 radical (unpaired) electrons. The van der Waals surface area contributed by atoms with Crippen molar-refractivity contribution in [2.24, 2.45) is 0 Å². The summed E-state index contributed by atoms with van der Waals surface area (Å²) in [6.07, 6.45) is 3.08. The summed E-state index contributed by atoms with van der Waals surface area (Å²) < 4.78 is 18.7. The van der Waals surface area contributed by atoms with Gasteiger partial charge in [0.25, 0.3) is 5.91 Å². The number of benzene rings is 2. The van der Waals surface area contributed by atoms with Crippen molar-refractivity contribution in [1.29, 1.82) is 0 Å². The van der Waals surface area contributed by atoms with Crippen LogP contribution in [0.5, 0.6) is 5.75 Å². The molecule has 3 N–H and O–H groups in total. The highest BCUT2D eigenvalue weighted by Crippen LogP contribution is 2.38. The number of carbonyl (C=O) groups is 1. The van der Waals surface area contributed by atoms with Crippen LogP contribution in [0.1, 0.15) is 41.7 Å². The van der Waals surface area contributed by atoms with Crippen LogP contribution in [0.25, 0.3) is 16.9 Å². The molecule has 0 atom stereocenters. The van der Waals surface area contributed by atoms with Gasteiger partial charge in [-0.25, -0.2) is 9.69 Å². The van der Waals surface area contributed by atoms with E-state index in [0.717, 1.165) is 32.4 Å². The van der Waals surface area contributed by atoms with Gasteiger partial charge >= 0.3 is 7.60 Å². The fourth-order valence-corrected chi connectivity index (χ4v) is 5.33. The average molecular weight is 567 g/mol.